The highest BCUT2D eigenvalue weighted by Gasteiger charge is 2.07. The highest BCUT2D eigenvalue weighted by molar-refractivity contribution is 5.95. The van der Waals surface area contributed by atoms with Crippen molar-refractivity contribution in [3.8, 4) is 5.75 Å². The van der Waals surface area contributed by atoms with Crippen LogP contribution in [0.4, 0.5) is 5.69 Å². The van der Waals surface area contributed by atoms with Gasteiger partial charge >= 0.3 is 0 Å². The molecule has 0 atom stereocenters. The number of carbonyl (C=O) groups is 1. The zero-order valence-electron chi connectivity index (χ0n) is 11.9. The fourth-order valence-electron chi connectivity index (χ4n) is 1.79. The standard InChI is InChI=1S/C14H23N3O2/c1-4-17(5-2)8-9-19-13-7-6-11(10-12(13)15)14(18)16-3/h6-7,10H,4-5,8-9,15H2,1-3H3,(H,16,18). The third kappa shape index (κ3) is 4.44. The number of hydrogen-bond donors (Lipinski definition) is 2. The Morgan fingerprint density at radius 2 is 2.05 bits per heavy atom. The zero-order valence-corrected chi connectivity index (χ0v) is 11.9. The van der Waals surface area contributed by atoms with Crippen molar-refractivity contribution in [3.63, 3.8) is 0 Å². The molecule has 0 fully saturated rings. The number of nitrogens with zero attached hydrogens (tertiary/aromatic N) is 1. The van der Waals surface area contributed by atoms with Crippen LogP contribution in [0.25, 0.3) is 0 Å². The SMILES string of the molecule is CCN(CC)CCOc1ccc(C(=O)NC)cc1N. The molecule has 3 N–H and O–H groups in total. The molecule has 19 heavy (non-hydrogen) atoms. The molecule has 0 heterocycles. The number of carbonyl (C=O) groups excluding carboxylic acids is 1. The van der Waals surface area contributed by atoms with Crippen LogP contribution in [0.1, 0.15) is 24.2 Å². The van der Waals surface area contributed by atoms with Crippen molar-refractivity contribution >= 4 is 11.6 Å². The Bertz CT molecular complexity index is 417. The summed E-state index contributed by atoms with van der Waals surface area (Å²) in [4.78, 5) is 13.7. The van der Waals surface area contributed by atoms with E-state index in [4.69, 9.17) is 10.5 Å². The third-order valence-electron chi connectivity index (χ3n) is 3.06. The van der Waals surface area contributed by atoms with E-state index in [-0.39, 0.29) is 5.91 Å². The van der Waals surface area contributed by atoms with Crippen LogP contribution < -0.4 is 15.8 Å². The van der Waals surface area contributed by atoms with E-state index in [9.17, 15) is 4.79 Å². The summed E-state index contributed by atoms with van der Waals surface area (Å²) >= 11 is 0. The van der Waals surface area contributed by atoms with E-state index in [2.05, 4.69) is 24.1 Å². The lowest BCUT2D eigenvalue weighted by Crippen LogP contribution is -2.28. The lowest BCUT2D eigenvalue weighted by atomic mass is 10.2. The van der Waals surface area contributed by atoms with Crippen LogP contribution in [-0.4, -0.2) is 44.1 Å². The lowest BCUT2D eigenvalue weighted by Gasteiger charge is -2.18. The molecule has 0 saturated heterocycles. The third-order valence-corrected chi connectivity index (χ3v) is 3.06. The number of anilines is 1. The highest BCUT2D eigenvalue weighted by Crippen LogP contribution is 2.22. The van der Waals surface area contributed by atoms with Crippen LogP contribution in [0.3, 0.4) is 0 Å². The van der Waals surface area contributed by atoms with Crippen molar-refractivity contribution in [1.29, 1.82) is 0 Å². The molecule has 0 aliphatic carbocycles. The number of nitrogens with one attached hydrogen (secondary N) is 1. The molecule has 1 amide bonds. The van der Waals surface area contributed by atoms with Crippen molar-refractivity contribution in [3.05, 3.63) is 23.8 Å². The van der Waals surface area contributed by atoms with Gasteiger partial charge in [-0.2, -0.15) is 0 Å². The zero-order chi connectivity index (χ0) is 14.3. The molecular formula is C14H23N3O2. The van der Waals surface area contributed by atoms with Crippen molar-refractivity contribution in [2.24, 2.45) is 0 Å². The van der Waals surface area contributed by atoms with E-state index in [0.29, 0.717) is 23.6 Å². The van der Waals surface area contributed by atoms with Crippen LogP contribution in [0.2, 0.25) is 0 Å². The average Bonchev–Trinajstić information content (AvgIpc) is 2.44. The molecule has 0 spiro atoms. The Labute approximate surface area is 114 Å². The van der Waals surface area contributed by atoms with E-state index >= 15 is 0 Å². The van der Waals surface area contributed by atoms with Gasteiger partial charge in [0.15, 0.2) is 0 Å². The minimum atomic E-state index is -0.151. The summed E-state index contributed by atoms with van der Waals surface area (Å²) in [5.74, 6) is 0.473. The molecule has 5 nitrogen and oxygen atoms in total. The topological polar surface area (TPSA) is 67.6 Å². The van der Waals surface area contributed by atoms with Gasteiger partial charge in [-0.3, -0.25) is 4.79 Å². The normalized spacial score (nSPS) is 10.5. The average molecular weight is 265 g/mol. The highest BCUT2D eigenvalue weighted by atomic mass is 16.5. The first-order valence-corrected chi connectivity index (χ1v) is 6.59. The lowest BCUT2D eigenvalue weighted by molar-refractivity contribution is 0.0963. The Balaban J connectivity index is 2.58. The number of nitrogens with two attached hydrogens (primary N) is 1. The molecule has 1 aromatic rings. The Hall–Kier alpha value is -1.75. The summed E-state index contributed by atoms with van der Waals surface area (Å²) in [5, 5.41) is 2.56. The fraction of sp³-hybridized carbons (Fsp3) is 0.500. The van der Waals surface area contributed by atoms with Gasteiger partial charge in [0, 0.05) is 19.2 Å². The number of amides is 1. The summed E-state index contributed by atoms with van der Waals surface area (Å²) in [6.07, 6.45) is 0. The maximum Gasteiger partial charge on any atom is 0.251 e. The summed E-state index contributed by atoms with van der Waals surface area (Å²) in [6, 6.07) is 5.08. The molecule has 0 unspecified atom stereocenters. The monoisotopic (exact) mass is 265 g/mol. The molecular weight excluding hydrogens is 242 g/mol. The van der Waals surface area contributed by atoms with E-state index in [0.717, 1.165) is 19.6 Å². The number of likely N-dealkylation sites (N-methyl/N-ethyl adjacent to an activating group) is 1. The Morgan fingerprint density at radius 3 is 2.58 bits per heavy atom. The quantitative estimate of drug-likeness (QED) is 0.730. The molecule has 0 aliphatic heterocycles. The van der Waals surface area contributed by atoms with Gasteiger partial charge in [-0.1, -0.05) is 13.8 Å². The second-order valence-electron chi connectivity index (χ2n) is 4.21. The second-order valence-corrected chi connectivity index (χ2v) is 4.21. The van der Waals surface area contributed by atoms with Crippen LogP contribution in [0, 0.1) is 0 Å². The Kier molecular flexibility index (Phi) is 6.15. The van der Waals surface area contributed by atoms with Gasteiger partial charge in [-0.15, -0.1) is 0 Å². The van der Waals surface area contributed by atoms with Crippen molar-refractivity contribution in [1.82, 2.24) is 10.2 Å². The van der Waals surface area contributed by atoms with Gasteiger partial charge in [0.1, 0.15) is 12.4 Å². The molecule has 1 rings (SSSR count). The largest absolute Gasteiger partial charge is 0.490 e. The minimum Gasteiger partial charge on any atom is -0.490 e. The molecule has 106 valence electrons. The van der Waals surface area contributed by atoms with Gasteiger partial charge in [-0.25, -0.2) is 0 Å². The summed E-state index contributed by atoms with van der Waals surface area (Å²) in [6.45, 7) is 7.71. The molecule has 0 saturated carbocycles. The molecule has 0 bridgehead atoms. The van der Waals surface area contributed by atoms with E-state index in [1.807, 2.05) is 0 Å². The predicted molar refractivity (Wildman–Crippen MR) is 77.5 cm³/mol. The fourth-order valence-corrected chi connectivity index (χ4v) is 1.79. The maximum absolute atomic E-state index is 11.4. The van der Waals surface area contributed by atoms with Gasteiger partial charge in [0.25, 0.3) is 5.91 Å². The molecule has 1 aromatic carbocycles. The van der Waals surface area contributed by atoms with Crippen LogP contribution in [0.15, 0.2) is 18.2 Å². The van der Waals surface area contributed by atoms with Crippen molar-refractivity contribution in [2.75, 3.05) is 39.0 Å². The first-order valence-electron chi connectivity index (χ1n) is 6.59. The number of nitrogen functional groups attached to an aromatic ring is 1. The van der Waals surface area contributed by atoms with Gasteiger partial charge in [0.05, 0.1) is 5.69 Å². The summed E-state index contributed by atoms with van der Waals surface area (Å²) in [5.41, 5.74) is 6.90. The number of hydrogen-bond acceptors (Lipinski definition) is 4. The van der Waals surface area contributed by atoms with Gasteiger partial charge in [-0.05, 0) is 31.3 Å². The van der Waals surface area contributed by atoms with E-state index in [1.165, 1.54) is 0 Å². The van der Waals surface area contributed by atoms with Gasteiger partial charge in [0.2, 0.25) is 0 Å². The maximum atomic E-state index is 11.4. The van der Waals surface area contributed by atoms with Crippen molar-refractivity contribution in [2.45, 2.75) is 13.8 Å². The minimum absolute atomic E-state index is 0.151. The van der Waals surface area contributed by atoms with Crippen LogP contribution in [-0.2, 0) is 0 Å². The second kappa shape index (κ2) is 7.63. The Morgan fingerprint density at radius 1 is 1.37 bits per heavy atom. The summed E-state index contributed by atoms with van der Waals surface area (Å²) in [7, 11) is 1.59. The molecule has 5 heteroatoms. The smallest absolute Gasteiger partial charge is 0.251 e. The molecule has 0 aromatic heterocycles. The molecule has 0 aliphatic rings. The predicted octanol–water partition coefficient (Wildman–Crippen LogP) is 1.35. The van der Waals surface area contributed by atoms with Gasteiger partial charge < -0.3 is 20.7 Å². The first-order chi connectivity index (χ1) is 9.12. The number of benzene rings is 1. The van der Waals surface area contributed by atoms with Crippen LogP contribution >= 0.6 is 0 Å². The number of ether oxygens (including phenoxy) is 1. The first kappa shape index (κ1) is 15.3. The van der Waals surface area contributed by atoms with E-state index < -0.39 is 0 Å². The van der Waals surface area contributed by atoms with Crippen molar-refractivity contribution < 1.29 is 9.53 Å². The van der Waals surface area contributed by atoms with Crippen LogP contribution in [0.5, 0.6) is 5.75 Å². The number of rotatable bonds is 7. The van der Waals surface area contributed by atoms with E-state index in [1.54, 1.807) is 25.2 Å². The summed E-state index contributed by atoms with van der Waals surface area (Å²) < 4.78 is 5.64. The molecule has 0 radical (unpaired) electrons.